The van der Waals surface area contributed by atoms with Crippen molar-refractivity contribution < 1.29 is 19.4 Å². The Kier molecular flexibility index (Phi) is 5.23. The van der Waals surface area contributed by atoms with Crippen LogP contribution in [0.5, 0.6) is 5.75 Å². The molecule has 0 aliphatic carbocycles. The number of nitrogens with zero attached hydrogens (tertiary/aromatic N) is 1. The molecule has 2 rings (SSSR count). The molecule has 0 saturated carbocycles. The molecule has 0 unspecified atom stereocenters. The summed E-state index contributed by atoms with van der Waals surface area (Å²) < 4.78 is 5.05. The third-order valence-electron chi connectivity index (χ3n) is 3.19. The van der Waals surface area contributed by atoms with Crippen LogP contribution in [0.2, 0.25) is 5.02 Å². The van der Waals surface area contributed by atoms with E-state index in [2.05, 4.69) is 10.3 Å². The van der Waals surface area contributed by atoms with Gasteiger partial charge in [-0.3, -0.25) is 4.79 Å². The summed E-state index contributed by atoms with van der Waals surface area (Å²) >= 11 is 7.02. The van der Waals surface area contributed by atoms with Crippen LogP contribution in [0.4, 0.5) is 5.69 Å². The van der Waals surface area contributed by atoms with Crippen LogP contribution in [0.25, 0.3) is 0 Å². The average Bonchev–Trinajstić information content (AvgIpc) is 2.88. The maximum atomic E-state index is 12.3. The normalized spacial score (nSPS) is 11.8. The van der Waals surface area contributed by atoms with Gasteiger partial charge in [0.05, 0.1) is 23.7 Å². The zero-order valence-corrected chi connectivity index (χ0v) is 14.3. The van der Waals surface area contributed by atoms with Gasteiger partial charge < -0.3 is 15.2 Å². The molecular weight excluding hydrogens is 340 g/mol. The maximum absolute atomic E-state index is 12.3. The molecule has 0 aliphatic heterocycles. The molecule has 2 aromatic rings. The molecule has 0 fully saturated rings. The molecule has 0 radical (unpaired) electrons. The standard InChI is InChI=1S/C15H15ClN2O4S/c1-7(14-17-8(2)12(23-14)15(20)21)13(19)18-9-4-5-11(22-3)10(16)6-9/h4-7H,1-3H3,(H,18,19)(H,20,21)/t7-/m1/s1. The Labute approximate surface area is 142 Å². The van der Waals surface area contributed by atoms with Crippen LogP contribution in [-0.4, -0.2) is 29.1 Å². The van der Waals surface area contributed by atoms with Crippen molar-refractivity contribution in [3.63, 3.8) is 0 Å². The van der Waals surface area contributed by atoms with Gasteiger partial charge in [0.25, 0.3) is 0 Å². The number of aryl methyl sites for hydroxylation is 1. The van der Waals surface area contributed by atoms with Crippen molar-refractivity contribution in [2.24, 2.45) is 0 Å². The van der Waals surface area contributed by atoms with E-state index < -0.39 is 11.9 Å². The molecule has 122 valence electrons. The zero-order valence-electron chi connectivity index (χ0n) is 12.7. The van der Waals surface area contributed by atoms with Crippen molar-refractivity contribution in [1.29, 1.82) is 0 Å². The van der Waals surface area contributed by atoms with Crippen LogP contribution >= 0.6 is 22.9 Å². The molecule has 1 atom stereocenters. The second kappa shape index (κ2) is 6.97. The highest BCUT2D eigenvalue weighted by atomic mass is 35.5. The summed E-state index contributed by atoms with van der Waals surface area (Å²) in [5.74, 6) is -1.40. The maximum Gasteiger partial charge on any atom is 0.347 e. The van der Waals surface area contributed by atoms with Gasteiger partial charge in [0.1, 0.15) is 15.6 Å². The molecule has 0 saturated heterocycles. The van der Waals surface area contributed by atoms with Gasteiger partial charge in [0, 0.05) is 5.69 Å². The lowest BCUT2D eigenvalue weighted by molar-refractivity contribution is -0.117. The highest BCUT2D eigenvalue weighted by Crippen LogP contribution is 2.29. The molecule has 1 aromatic heterocycles. The minimum absolute atomic E-state index is 0.146. The minimum Gasteiger partial charge on any atom is -0.495 e. The summed E-state index contributed by atoms with van der Waals surface area (Å²) in [5.41, 5.74) is 0.934. The lowest BCUT2D eigenvalue weighted by Gasteiger charge is -2.11. The number of carboxylic acid groups (broad SMARTS) is 1. The van der Waals surface area contributed by atoms with E-state index in [9.17, 15) is 9.59 Å². The van der Waals surface area contributed by atoms with Gasteiger partial charge in [-0.05, 0) is 32.0 Å². The summed E-state index contributed by atoms with van der Waals surface area (Å²) in [6.07, 6.45) is 0. The number of carbonyl (C=O) groups excluding carboxylic acids is 1. The lowest BCUT2D eigenvalue weighted by atomic mass is 10.1. The van der Waals surface area contributed by atoms with Crippen molar-refractivity contribution in [2.75, 3.05) is 12.4 Å². The fourth-order valence-electron chi connectivity index (χ4n) is 1.91. The first-order valence-corrected chi connectivity index (χ1v) is 7.88. The quantitative estimate of drug-likeness (QED) is 0.857. The molecule has 1 aromatic carbocycles. The van der Waals surface area contributed by atoms with Crippen molar-refractivity contribution in [1.82, 2.24) is 4.98 Å². The zero-order chi connectivity index (χ0) is 17.1. The monoisotopic (exact) mass is 354 g/mol. The Hall–Kier alpha value is -2.12. The molecule has 0 bridgehead atoms. The highest BCUT2D eigenvalue weighted by molar-refractivity contribution is 7.13. The molecule has 1 amide bonds. The number of nitrogens with one attached hydrogen (secondary N) is 1. The van der Waals surface area contributed by atoms with E-state index in [0.29, 0.717) is 27.2 Å². The van der Waals surface area contributed by atoms with Crippen molar-refractivity contribution in [2.45, 2.75) is 19.8 Å². The average molecular weight is 355 g/mol. The smallest absolute Gasteiger partial charge is 0.347 e. The Morgan fingerprint density at radius 1 is 1.43 bits per heavy atom. The topological polar surface area (TPSA) is 88.5 Å². The van der Waals surface area contributed by atoms with E-state index in [4.69, 9.17) is 21.4 Å². The molecular formula is C15H15ClN2O4S. The van der Waals surface area contributed by atoms with E-state index in [0.717, 1.165) is 11.3 Å². The van der Waals surface area contributed by atoms with Gasteiger partial charge >= 0.3 is 5.97 Å². The number of thiazole rings is 1. The van der Waals surface area contributed by atoms with Gasteiger partial charge in [-0.15, -0.1) is 11.3 Å². The van der Waals surface area contributed by atoms with Gasteiger partial charge in [-0.2, -0.15) is 0 Å². The van der Waals surface area contributed by atoms with Crippen LogP contribution in [0.1, 0.15) is 33.2 Å². The van der Waals surface area contributed by atoms with Gasteiger partial charge in [-0.25, -0.2) is 9.78 Å². The first-order valence-electron chi connectivity index (χ1n) is 6.68. The number of halogens is 1. The van der Waals surface area contributed by atoms with Crippen LogP contribution in [-0.2, 0) is 4.79 Å². The Balaban J connectivity index is 2.15. The largest absolute Gasteiger partial charge is 0.495 e. The number of aromatic nitrogens is 1. The summed E-state index contributed by atoms with van der Waals surface area (Å²) in [6, 6.07) is 4.91. The number of aromatic carboxylic acids is 1. The first kappa shape index (κ1) is 17.2. The number of amides is 1. The number of rotatable bonds is 5. The second-order valence-corrected chi connectivity index (χ2v) is 6.27. The predicted octanol–water partition coefficient (Wildman–Crippen LogP) is 3.55. The van der Waals surface area contributed by atoms with E-state index in [1.54, 1.807) is 32.0 Å². The number of hydrogen-bond acceptors (Lipinski definition) is 5. The first-order chi connectivity index (χ1) is 10.8. The van der Waals surface area contributed by atoms with E-state index in [-0.39, 0.29) is 10.8 Å². The number of carboxylic acids is 1. The van der Waals surface area contributed by atoms with Crippen LogP contribution in [0, 0.1) is 6.92 Å². The summed E-state index contributed by atoms with van der Waals surface area (Å²) in [7, 11) is 1.51. The Morgan fingerprint density at radius 2 is 2.13 bits per heavy atom. The fraction of sp³-hybridized carbons (Fsp3) is 0.267. The van der Waals surface area contributed by atoms with Gasteiger partial charge in [0.15, 0.2) is 0 Å². The molecule has 0 spiro atoms. The number of anilines is 1. The second-order valence-electron chi connectivity index (χ2n) is 4.83. The fourth-order valence-corrected chi connectivity index (χ4v) is 3.12. The lowest BCUT2D eigenvalue weighted by Crippen LogP contribution is -2.18. The summed E-state index contributed by atoms with van der Waals surface area (Å²) in [6.45, 7) is 3.28. The highest BCUT2D eigenvalue weighted by Gasteiger charge is 2.23. The number of benzene rings is 1. The van der Waals surface area contributed by atoms with Gasteiger partial charge in [0.2, 0.25) is 5.91 Å². The molecule has 6 nitrogen and oxygen atoms in total. The number of methoxy groups -OCH3 is 1. The van der Waals surface area contributed by atoms with Crippen molar-refractivity contribution >= 4 is 40.5 Å². The number of ether oxygens (including phenoxy) is 1. The molecule has 0 aliphatic rings. The van der Waals surface area contributed by atoms with Gasteiger partial charge in [-0.1, -0.05) is 11.6 Å². The third-order valence-corrected chi connectivity index (χ3v) is 4.81. The molecule has 1 heterocycles. The summed E-state index contributed by atoms with van der Waals surface area (Å²) in [5, 5.41) is 12.6. The third kappa shape index (κ3) is 3.80. The van der Waals surface area contributed by atoms with Crippen molar-refractivity contribution in [3.8, 4) is 5.75 Å². The number of carbonyl (C=O) groups is 2. The van der Waals surface area contributed by atoms with Crippen LogP contribution in [0.15, 0.2) is 18.2 Å². The molecule has 8 heteroatoms. The Morgan fingerprint density at radius 3 is 2.65 bits per heavy atom. The van der Waals surface area contributed by atoms with Crippen molar-refractivity contribution in [3.05, 3.63) is 38.8 Å². The Bertz CT molecular complexity index is 760. The minimum atomic E-state index is -1.04. The predicted molar refractivity (Wildman–Crippen MR) is 88.9 cm³/mol. The van der Waals surface area contributed by atoms with Crippen LogP contribution < -0.4 is 10.1 Å². The molecule has 2 N–H and O–H groups in total. The summed E-state index contributed by atoms with van der Waals surface area (Å²) in [4.78, 5) is 27.7. The van der Waals surface area contributed by atoms with E-state index in [1.165, 1.54) is 7.11 Å². The van der Waals surface area contributed by atoms with E-state index in [1.807, 2.05) is 0 Å². The number of hydrogen-bond donors (Lipinski definition) is 2. The van der Waals surface area contributed by atoms with Crippen LogP contribution in [0.3, 0.4) is 0 Å². The SMILES string of the molecule is COc1ccc(NC(=O)[C@@H](C)c2nc(C)c(C(=O)O)s2)cc1Cl. The molecule has 23 heavy (non-hydrogen) atoms. The van der Waals surface area contributed by atoms with E-state index >= 15 is 0 Å².